The number of aliphatic hydroxyl groups is 2. The standard InChI is InChI=1S/C14H18ClNO3S/c1-13(2,20-11-5-3-10(15)4-6-11)12-16-14(7-17,8-18)9-19-12/h3-6,17-18H,7-9H2,1-2H3. The van der Waals surface area contributed by atoms with Gasteiger partial charge in [-0.15, -0.1) is 11.8 Å². The molecule has 110 valence electrons. The molecule has 1 aromatic carbocycles. The normalized spacial score (nSPS) is 17.8. The van der Waals surface area contributed by atoms with Crippen LogP contribution in [-0.2, 0) is 4.74 Å². The van der Waals surface area contributed by atoms with Crippen molar-refractivity contribution in [3.63, 3.8) is 0 Å². The average Bonchev–Trinajstić information content (AvgIpc) is 2.87. The summed E-state index contributed by atoms with van der Waals surface area (Å²) < 4.78 is 5.21. The largest absolute Gasteiger partial charge is 0.477 e. The lowest BCUT2D eigenvalue weighted by atomic mass is 10.1. The molecule has 0 atom stereocenters. The summed E-state index contributed by atoms with van der Waals surface area (Å²) in [6.45, 7) is 3.75. The Morgan fingerprint density at radius 2 is 1.90 bits per heavy atom. The number of thioether (sulfide) groups is 1. The monoisotopic (exact) mass is 315 g/mol. The highest BCUT2D eigenvalue weighted by molar-refractivity contribution is 8.01. The minimum atomic E-state index is -0.910. The topological polar surface area (TPSA) is 62.1 Å². The number of rotatable bonds is 5. The maximum atomic E-state index is 9.35. The summed E-state index contributed by atoms with van der Waals surface area (Å²) in [6, 6.07) is 7.55. The third-order valence-electron chi connectivity index (χ3n) is 3.11. The number of hydrogen-bond donors (Lipinski definition) is 2. The number of nitrogens with zero attached hydrogens (tertiary/aromatic N) is 1. The van der Waals surface area contributed by atoms with Gasteiger partial charge in [-0.1, -0.05) is 11.6 Å². The molecule has 0 radical (unpaired) electrons. The fourth-order valence-corrected chi connectivity index (χ4v) is 3.02. The molecule has 4 nitrogen and oxygen atoms in total. The van der Waals surface area contributed by atoms with E-state index in [-0.39, 0.29) is 24.6 Å². The first-order valence-electron chi connectivity index (χ1n) is 6.30. The van der Waals surface area contributed by atoms with E-state index in [1.54, 1.807) is 11.8 Å². The molecule has 0 unspecified atom stereocenters. The van der Waals surface area contributed by atoms with Crippen LogP contribution in [0.3, 0.4) is 0 Å². The third-order valence-corrected chi connectivity index (χ3v) is 4.55. The zero-order valence-electron chi connectivity index (χ0n) is 11.5. The Kier molecular flexibility index (Phi) is 4.64. The van der Waals surface area contributed by atoms with Gasteiger partial charge in [0.15, 0.2) is 0 Å². The van der Waals surface area contributed by atoms with E-state index in [4.69, 9.17) is 16.3 Å². The molecule has 1 heterocycles. The molecular weight excluding hydrogens is 298 g/mol. The first-order valence-corrected chi connectivity index (χ1v) is 7.50. The first-order chi connectivity index (χ1) is 9.41. The summed E-state index contributed by atoms with van der Waals surface area (Å²) in [7, 11) is 0. The van der Waals surface area contributed by atoms with E-state index < -0.39 is 5.54 Å². The van der Waals surface area contributed by atoms with Crippen molar-refractivity contribution in [3.05, 3.63) is 29.3 Å². The predicted molar refractivity (Wildman–Crippen MR) is 81.7 cm³/mol. The van der Waals surface area contributed by atoms with Crippen LogP contribution in [0.2, 0.25) is 5.02 Å². The third kappa shape index (κ3) is 3.28. The van der Waals surface area contributed by atoms with E-state index in [2.05, 4.69) is 4.99 Å². The molecule has 2 rings (SSSR count). The summed E-state index contributed by atoms with van der Waals surface area (Å²) in [5, 5.41) is 19.4. The molecule has 1 aliphatic rings. The Labute approximate surface area is 127 Å². The molecule has 0 saturated heterocycles. The molecule has 20 heavy (non-hydrogen) atoms. The van der Waals surface area contributed by atoms with Gasteiger partial charge in [0.2, 0.25) is 5.90 Å². The molecule has 2 N–H and O–H groups in total. The Hall–Kier alpha value is -0.750. The summed E-state index contributed by atoms with van der Waals surface area (Å²) >= 11 is 7.47. The fraction of sp³-hybridized carbons (Fsp3) is 0.500. The quantitative estimate of drug-likeness (QED) is 0.819. The first kappa shape index (κ1) is 15.6. The van der Waals surface area contributed by atoms with Gasteiger partial charge in [0.25, 0.3) is 0 Å². The van der Waals surface area contributed by atoms with E-state index in [1.807, 2.05) is 38.1 Å². The zero-order chi connectivity index (χ0) is 14.8. The molecule has 6 heteroatoms. The second kappa shape index (κ2) is 5.93. The highest BCUT2D eigenvalue weighted by atomic mass is 35.5. The molecule has 0 spiro atoms. The van der Waals surface area contributed by atoms with Crippen molar-refractivity contribution in [2.24, 2.45) is 4.99 Å². The molecule has 0 amide bonds. The molecule has 0 aliphatic carbocycles. The predicted octanol–water partition coefficient (Wildman–Crippen LogP) is 2.36. The van der Waals surface area contributed by atoms with Gasteiger partial charge in [0, 0.05) is 9.92 Å². The van der Waals surface area contributed by atoms with Crippen LogP contribution in [0.4, 0.5) is 0 Å². The Morgan fingerprint density at radius 3 is 2.40 bits per heavy atom. The van der Waals surface area contributed by atoms with Crippen molar-refractivity contribution in [1.29, 1.82) is 0 Å². The average molecular weight is 316 g/mol. The number of halogens is 1. The number of hydrogen-bond acceptors (Lipinski definition) is 5. The maximum absolute atomic E-state index is 9.35. The summed E-state index contributed by atoms with van der Waals surface area (Å²) in [6.07, 6.45) is 0. The van der Waals surface area contributed by atoms with Crippen LogP contribution < -0.4 is 0 Å². The Morgan fingerprint density at radius 1 is 1.30 bits per heavy atom. The second-order valence-corrected chi connectivity index (χ2v) is 7.45. The molecule has 0 bridgehead atoms. The lowest BCUT2D eigenvalue weighted by molar-refractivity contribution is 0.0970. The van der Waals surface area contributed by atoms with Crippen LogP contribution in [0.25, 0.3) is 0 Å². The van der Waals surface area contributed by atoms with Gasteiger partial charge in [-0.2, -0.15) is 0 Å². The van der Waals surface area contributed by atoms with Crippen molar-refractivity contribution >= 4 is 29.3 Å². The molecule has 1 aliphatic heterocycles. The van der Waals surface area contributed by atoms with Gasteiger partial charge in [0.1, 0.15) is 12.1 Å². The SMILES string of the molecule is CC(C)(Sc1ccc(Cl)cc1)C1=NC(CO)(CO)CO1. The van der Waals surface area contributed by atoms with Crippen LogP contribution in [-0.4, -0.2) is 46.2 Å². The molecule has 0 fully saturated rings. The highest BCUT2D eigenvalue weighted by Crippen LogP contribution is 2.37. The van der Waals surface area contributed by atoms with Crippen LogP contribution in [0.1, 0.15) is 13.8 Å². The van der Waals surface area contributed by atoms with Crippen molar-refractivity contribution in [2.45, 2.75) is 29.0 Å². The highest BCUT2D eigenvalue weighted by Gasteiger charge is 2.41. The lowest BCUT2D eigenvalue weighted by Gasteiger charge is -2.23. The van der Waals surface area contributed by atoms with E-state index in [0.29, 0.717) is 10.9 Å². The van der Waals surface area contributed by atoms with Crippen LogP contribution in [0, 0.1) is 0 Å². The van der Waals surface area contributed by atoms with E-state index >= 15 is 0 Å². The fourth-order valence-electron chi connectivity index (χ4n) is 1.84. The lowest BCUT2D eigenvalue weighted by Crippen LogP contribution is -2.37. The van der Waals surface area contributed by atoms with Gasteiger partial charge in [-0.3, -0.25) is 0 Å². The van der Waals surface area contributed by atoms with Crippen LogP contribution in [0.5, 0.6) is 0 Å². The molecule has 0 aromatic heterocycles. The number of benzene rings is 1. The Balaban J connectivity index is 2.16. The van der Waals surface area contributed by atoms with Crippen LogP contribution >= 0.6 is 23.4 Å². The minimum Gasteiger partial charge on any atom is -0.477 e. The summed E-state index contributed by atoms with van der Waals surface area (Å²) in [4.78, 5) is 5.44. The van der Waals surface area contributed by atoms with Gasteiger partial charge >= 0.3 is 0 Å². The zero-order valence-corrected chi connectivity index (χ0v) is 13.0. The van der Waals surface area contributed by atoms with Gasteiger partial charge in [-0.25, -0.2) is 4.99 Å². The van der Waals surface area contributed by atoms with Crippen molar-refractivity contribution in [3.8, 4) is 0 Å². The summed E-state index contributed by atoms with van der Waals surface area (Å²) in [5.74, 6) is 0.542. The van der Waals surface area contributed by atoms with E-state index in [9.17, 15) is 10.2 Å². The van der Waals surface area contributed by atoms with Crippen molar-refractivity contribution < 1.29 is 14.9 Å². The van der Waals surface area contributed by atoms with E-state index in [1.165, 1.54) is 0 Å². The second-order valence-electron chi connectivity index (χ2n) is 5.31. The van der Waals surface area contributed by atoms with Gasteiger partial charge in [0.05, 0.1) is 18.0 Å². The van der Waals surface area contributed by atoms with Gasteiger partial charge in [-0.05, 0) is 38.1 Å². The minimum absolute atomic E-state index is 0.208. The van der Waals surface area contributed by atoms with Gasteiger partial charge < -0.3 is 14.9 Å². The number of aliphatic hydroxyl groups excluding tert-OH is 2. The van der Waals surface area contributed by atoms with Crippen LogP contribution in [0.15, 0.2) is 34.2 Å². The molecular formula is C14H18ClNO3S. The number of ether oxygens (including phenoxy) is 1. The van der Waals surface area contributed by atoms with Crippen molar-refractivity contribution in [2.75, 3.05) is 19.8 Å². The smallest absolute Gasteiger partial charge is 0.200 e. The maximum Gasteiger partial charge on any atom is 0.200 e. The summed E-state index contributed by atoms with van der Waals surface area (Å²) in [5.41, 5.74) is -0.910. The van der Waals surface area contributed by atoms with E-state index in [0.717, 1.165) is 4.90 Å². The van der Waals surface area contributed by atoms with Crippen molar-refractivity contribution in [1.82, 2.24) is 0 Å². The number of aliphatic imine (C=N–C) groups is 1. The Bertz CT molecular complexity index is 498. The molecule has 1 aromatic rings. The molecule has 0 saturated carbocycles.